The number of nitrogens with two attached hydrogens (primary N) is 1. The molecule has 0 radical (unpaired) electrons. The van der Waals surface area contributed by atoms with Crippen molar-refractivity contribution < 1.29 is 13.6 Å². The third-order valence-corrected chi connectivity index (χ3v) is 5.63. The van der Waals surface area contributed by atoms with Crippen LogP contribution in [0, 0.1) is 11.6 Å². The molecule has 0 fully saturated rings. The SMILES string of the molecule is C=CCN(C(=O)c1sc2nc(-c3cccnc3)ccc2c1N)c1cccc(F)c1F. The molecule has 1 aromatic carbocycles. The number of pyridine rings is 2. The number of thiophene rings is 1. The molecule has 0 aliphatic carbocycles. The smallest absolute Gasteiger partial charge is 0.270 e. The molecule has 150 valence electrons. The molecule has 8 heteroatoms. The number of benzene rings is 1. The van der Waals surface area contributed by atoms with Crippen LogP contribution in [-0.4, -0.2) is 22.4 Å². The molecular formula is C22H16F2N4OS. The van der Waals surface area contributed by atoms with Gasteiger partial charge >= 0.3 is 0 Å². The molecule has 0 aliphatic rings. The van der Waals surface area contributed by atoms with Gasteiger partial charge in [0.25, 0.3) is 5.91 Å². The Morgan fingerprint density at radius 1 is 1.20 bits per heavy atom. The summed E-state index contributed by atoms with van der Waals surface area (Å²) in [4.78, 5) is 23.8. The Labute approximate surface area is 175 Å². The summed E-state index contributed by atoms with van der Waals surface area (Å²) in [6.45, 7) is 3.60. The highest BCUT2D eigenvalue weighted by Crippen LogP contribution is 2.36. The van der Waals surface area contributed by atoms with E-state index in [0.717, 1.165) is 27.9 Å². The van der Waals surface area contributed by atoms with Crippen LogP contribution in [0.5, 0.6) is 0 Å². The van der Waals surface area contributed by atoms with Crippen molar-refractivity contribution in [2.45, 2.75) is 0 Å². The fraction of sp³-hybridized carbons (Fsp3) is 0.0455. The first kappa shape index (κ1) is 19.7. The Morgan fingerprint density at radius 3 is 2.77 bits per heavy atom. The van der Waals surface area contributed by atoms with Gasteiger partial charge in [0.15, 0.2) is 11.6 Å². The summed E-state index contributed by atoms with van der Waals surface area (Å²) in [6, 6.07) is 10.9. The van der Waals surface area contributed by atoms with E-state index in [9.17, 15) is 13.6 Å². The number of carbonyl (C=O) groups excluding carboxylic acids is 1. The molecule has 0 unspecified atom stereocenters. The molecule has 3 aromatic heterocycles. The standard InChI is InChI=1S/C22H16F2N4OS/c1-2-11-28(17-7-3-6-15(23)18(17)24)22(29)20-19(25)14-8-9-16(27-21(14)30-20)13-5-4-10-26-12-13/h2-10,12H,1,11,25H2. The number of anilines is 2. The van der Waals surface area contributed by atoms with Gasteiger partial charge in [0.2, 0.25) is 0 Å². The molecule has 0 saturated heterocycles. The molecule has 3 heterocycles. The van der Waals surface area contributed by atoms with E-state index in [4.69, 9.17) is 5.73 Å². The fourth-order valence-electron chi connectivity index (χ4n) is 3.07. The van der Waals surface area contributed by atoms with Gasteiger partial charge in [-0.2, -0.15) is 0 Å². The van der Waals surface area contributed by atoms with Crippen molar-refractivity contribution in [3.63, 3.8) is 0 Å². The summed E-state index contributed by atoms with van der Waals surface area (Å²) >= 11 is 1.10. The quantitative estimate of drug-likeness (QED) is 0.457. The zero-order chi connectivity index (χ0) is 21.3. The maximum absolute atomic E-state index is 14.3. The maximum Gasteiger partial charge on any atom is 0.270 e. The number of nitrogen functional groups attached to an aromatic ring is 1. The van der Waals surface area contributed by atoms with Crippen molar-refractivity contribution in [3.05, 3.63) is 84.0 Å². The maximum atomic E-state index is 14.3. The van der Waals surface area contributed by atoms with Gasteiger partial charge in [-0.1, -0.05) is 12.1 Å². The molecule has 0 spiro atoms. The lowest BCUT2D eigenvalue weighted by Gasteiger charge is -2.21. The molecule has 0 saturated carbocycles. The van der Waals surface area contributed by atoms with Gasteiger partial charge in [-0.25, -0.2) is 13.8 Å². The second-order valence-corrected chi connectivity index (χ2v) is 7.41. The number of carbonyl (C=O) groups is 1. The molecule has 0 atom stereocenters. The Hall–Kier alpha value is -3.65. The Kier molecular flexibility index (Phi) is 5.24. The summed E-state index contributed by atoms with van der Waals surface area (Å²) in [5.74, 6) is -2.70. The van der Waals surface area contributed by atoms with E-state index in [1.807, 2.05) is 6.07 Å². The summed E-state index contributed by atoms with van der Waals surface area (Å²) in [6.07, 6.45) is 4.79. The van der Waals surface area contributed by atoms with Gasteiger partial charge in [-0.05, 0) is 36.4 Å². The number of amides is 1. The summed E-state index contributed by atoms with van der Waals surface area (Å²) in [7, 11) is 0. The van der Waals surface area contributed by atoms with E-state index in [-0.39, 0.29) is 22.8 Å². The number of halogens is 2. The topological polar surface area (TPSA) is 72.1 Å². The van der Waals surface area contributed by atoms with Crippen LogP contribution in [0.4, 0.5) is 20.2 Å². The summed E-state index contributed by atoms with van der Waals surface area (Å²) in [5, 5.41) is 0.620. The lowest BCUT2D eigenvalue weighted by atomic mass is 10.1. The molecule has 1 amide bonds. The van der Waals surface area contributed by atoms with Crippen LogP contribution in [0.15, 0.2) is 67.5 Å². The summed E-state index contributed by atoms with van der Waals surface area (Å²) < 4.78 is 28.1. The van der Waals surface area contributed by atoms with Crippen molar-refractivity contribution >= 4 is 38.8 Å². The minimum atomic E-state index is -1.11. The van der Waals surface area contributed by atoms with Crippen molar-refractivity contribution in [1.29, 1.82) is 0 Å². The van der Waals surface area contributed by atoms with Gasteiger partial charge in [-0.3, -0.25) is 9.78 Å². The van der Waals surface area contributed by atoms with Crippen molar-refractivity contribution in [2.75, 3.05) is 17.2 Å². The molecule has 30 heavy (non-hydrogen) atoms. The van der Waals surface area contributed by atoms with E-state index < -0.39 is 17.5 Å². The zero-order valence-corrected chi connectivity index (χ0v) is 16.5. The molecule has 4 rings (SSSR count). The van der Waals surface area contributed by atoms with Crippen molar-refractivity contribution in [2.24, 2.45) is 0 Å². The molecule has 4 aromatic rings. The van der Waals surface area contributed by atoms with Crippen LogP contribution in [0.3, 0.4) is 0 Å². The van der Waals surface area contributed by atoms with E-state index in [0.29, 0.717) is 15.9 Å². The van der Waals surface area contributed by atoms with Crippen LogP contribution in [0.2, 0.25) is 0 Å². The van der Waals surface area contributed by atoms with Gasteiger partial charge in [-0.15, -0.1) is 17.9 Å². The Balaban J connectivity index is 1.79. The van der Waals surface area contributed by atoms with E-state index in [1.54, 1.807) is 30.6 Å². The zero-order valence-electron chi connectivity index (χ0n) is 15.7. The van der Waals surface area contributed by atoms with Crippen LogP contribution >= 0.6 is 11.3 Å². The number of fused-ring (bicyclic) bond motifs is 1. The molecule has 0 aliphatic heterocycles. The number of hydrogen-bond donors (Lipinski definition) is 1. The lowest BCUT2D eigenvalue weighted by Crippen LogP contribution is -2.32. The number of nitrogens with zero attached hydrogens (tertiary/aromatic N) is 3. The Morgan fingerprint density at radius 2 is 2.03 bits per heavy atom. The molecule has 2 N–H and O–H groups in total. The van der Waals surface area contributed by atoms with Gasteiger partial charge in [0.1, 0.15) is 9.71 Å². The first-order valence-electron chi connectivity index (χ1n) is 8.97. The average Bonchev–Trinajstić information content (AvgIpc) is 3.10. The van der Waals surface area contributed by atoms with Crippen molar-refractivity contribution in [3.8, 4) is 11.3 Å². The highest BCUT2D eigenvalue weighted by molar-refractivity contribution is 7.21. The highest BCUT2D eigenvalue weighted by atomic mass is 32.1. The third-order valence-electron chi connectivity index (χ3n) is 4.52. The normalized spacial score (nSPS) is 10.9. The van der Waals surface area contributed by atoms with Crippen LogP contribution in [0.25, 0.3) is 21.5 Å². The first-order valence-corrected chi connectivity index (χ1v) is 9.79. The number of rotatable bonds is 5. The van der Waals surface area contributed by atoms with Crippen LogP contribution in [0.1, 0.15) is 9.67 Å². The molecule has 0 bridgehead atoms. The average molecular weight is 422 g/mol. The second kappa shape index (κ2) is 8.00. The lowest BCUT2D eigenvalue weighted by molar-refractivity contribution is 0.0993. The predicted octanol–water partition coefficient (Wildman–Crippen LogP) is 5.05. The number of aromatic nitrogens is 2. The van der Waals surface area contributed by atoms with E-state index >= 15 is 0 Å². The monoisotopic (exact) mass is 422 g/mol. The van der Waals surface area contributed by atoms with Crippen LogP contribution < -0.4 is 10.6 Å². The van der Waals surface area contributed by atoms with Gasteiger partial charge < -0.3 is 10.6 Å². The highest BCUT2D eigenvalue weighted by Gasteiger charge is 2.26. The molecule has 5 nitrogen and oxygen atoms in total. The Bertz CT molecular complexity index is 1260. The number of hydrogen-bond acceptors (Lipinski definition) is 5. The van der Waals surface area contributed by atoms with Gasteiger partial charge in [0.05, 0.1) is 17.1 Å². The van der Waals surface area contributed by atoms with Crippen LogP contribution in [-0.2, 0) is 0 Å². The minimum Gasteiger partial charge on any atom is -0.397 e. The largest absolute Gasteiger partial charge is 0.397 e. The minimum absolute atomic E-state index is 0.0126. The second-order valence-electron chi connectivity index (χ2n) is 6.41. The van der Waals surface area contributed by atoms with Gasteiger partial charge in [0, 0.05) is 29.9 Å². The third kappa shape index (κ3) is 3.42. The summed E-state index contributed by atoms with van der Waals surface area (Å²) in [5.41, 5.74) is 7.81. The first-order chi connectivity index (χ1) is 14.5. The fourth-order valence-corrected chi connectivity index (χ4v) is 4.12. The molecular weight excluding hydrogens is 406 g/mol. The predicted molar refractivity (Wildman–Crippen MR) is 115 cm³/mol. The van der Waals surface area contributed by atoms with Crippen molar-refractivity contribution in [1.82, 2.24) is 9.97 Å². The van der Waals surface area contributed by atoms with E-state index in [2.05, 4.69) is 16.5 Å². The van der Waals surface area contributed by atoms with E-state index in [1.165, 1.54) is 18.2 Å².